The fourth-order valence-corrected chi connectivity index (χ4v) is 5.34. The molecule has 40 heavy (non-hydrogen) atoms. The zero-order chi connectivity index (χ0) is 29.4. The van der Waals surface area contributed by atoms with Gasteiger partial charge in [-0.15, -0.1) is 0 Å². The van der Waals surface area contributed by atoms with Crippen LogP contribution in [0.25, 0.3) is 0 Å². The van der Waals surface area contributed by atoms with Crippen molar-refractivity contribution >= 4 is 11.9 Å². The zero-order valence-electron chi connectivity index (χ0n) is 26.9. The second-order valence-corrected chi connectivity index (χ2v) is 12.1. The number of allylic oxidation sites excluding steroid dienone is 2. The lowest BCUT2D eigenvalue weighted by molar-refractivity contribution is -0.150. The van der Waals surface area contributed by atoms with Gasteiger partial charge in [-0.1, -0.05) is 142 Å². The zero-order valence-corrected chi connectivity index (χ0v) is 26.9. The number of hydrogen-bond acceptors (Lipinski definition) is 3. The first-order chi connectivity index (χ1) is 19.6. The molecule has 4 nitrogen and oxygen atoms in total. The van der Waals surface area contributed by atoms with Crippen molar-refractivity contribution in [1.29, 1.82) is 0 Å². The molecule has 0 saturated heterocycles. The summed E-state index contributed by atoms with van der Waals surface area (Å²) in [6, 6.07) is 0. The van der Waals surface area contributed by atoms with Crippen molar-refractivity contribution < 1.29 is 19.4 Å². The van der Waals surface area contributed by atoms with E-state index in [1.807, 2.05) is 0 Å². The summed E-state index contributed by atoms with van der Waals surface area (Å²) in [7, 11) is 0. The standard InChI is InChI=1S/C36H68O4/c1-3-5-7-9-11-12-13-18-21-25-29-33-36(39)40-34(30-26-22-10-8-6-4-2)31-27-23-19-16-14-15-17-20-24-28-32-35(37)38/h9,11,34H,3-8,10,12-33H2,1-2H3,(H,37,38)/b11-9-. The average molecular weight is 565 g/mol. The minimum absolute atomic E-state index is 0.0261. The molecule has 1 unspecified atom stereocenters. The normalized spacial score (nSPS) is 12.2. The van der Waals surface area contributed by atoms with Crippen LogP contribution < -0.4 is 0 Å². The summed E-state index contributed by atoms with van der Waals surface area (Å²) in [6.45, 7) is 4.50. The van der Waals surface area contributed by atoms with E-state index in [1.54, 1.807) is 0 Å². The first-order valence-electron chi connectivity index (χ1n) is 17.7. The van der Waals surface area contributed by atoms with Crippen LogP contribution in [-0.2, 0) is 14.3 Å². The number of aliphatic carboxylic acids is 1. The van der Waals surface area contributed by atoms with Crippen LogP contribution in [0.1, 0.15) is 200 Å². The Kier molecular flexibility index (Phi) is 31.1. The highest BCUT2D eigenvalue weighted by Crippen LogP contribution is 2.19. The van der Waals surface area contributed by atoms with Crippen LogP contribution in [-0.4, -0.2) is 23.1 Å². The van der Waals surface area contributed by atoms with Gasteiger partial charge in [0, 0.05) is 12.8 Å². The first-order valence-corrected chi connectivity index (χ1v) is 17.7. The molecule has 0 heterocycles. The number of hydrogen-bond donors (Lipinski definition) is 1. The molecule has 0 spiro atoms. The molecule has 236 valence electrons. The Morgan fingerprint density at radius 3 is 1.43 bits per heavy atom. The van der Waals surface area contributed by atoms with Crippen LogP contribution in [0, 0.1) is 0 Å². The molecule has 0 aliphatic rings. The number of unbranched alkanes of at least 4 members (excludes halogenated alkanes) is 21. The highest BCUT2D eigenvalue weighted by molar-refractivity contribution is 5.69. The molecule has 0 aliphatic carbocycles. The molecule has 0 radical (unpaired) electrons. The van der Waals surface area contributed by atoms with Crippen LogP contribution in [0.4, 0.5) is 0 Å². The minimum atomic E-state index is -0.675. The highest BCUT2D eigenvalue weighted by Gasteiger charge is 2.14. The maximum Gasteiger partial charge on any atom is 0.306 e. The summed E-state index contributed by atoms with van der Waals surface area (Å²) in [5.41, 5.74) is 0. The van der Waals surface area contributed by atoms with Crippen molar-refractivity contribution in [2.75, 3.05) is 0 Å². The third-order valence-electron chi connectivity index (χ3n) is 7.99. The van der Waals surface area contributed by atoms with Gasteiger partial charge in [-0.25, -0.2) is 0 Å². The lowest BCUT2D eigenvalue weighted by atomic mass is 10.0. The van der Waals surface area contributed by atoms with E-state index < -0.39 is 5.97 Å². The quantitative estimate of drug-likeness (QED) is 0.0501. The molecule has 1 N–H and O–H groups in total. The van der Waals surface area contributed by atoms with Gasteiger partial charge in [-0.2, -0.15) is 0 Å². The predicted molar refractivity (Wildman–Crippen MR) is 172 cm³/mol. The van der Waals surface area contributed by atoms with Crippen molar-refractivity contribution in [3.05, 3.63) is 12.2 Å². The van der Waals surface area contributed by atoms with E-state index in [1.165, 1.54) is 122 Å². The molecule has 0 saturated carbocycles. The largest absolute Gasteiger partial charge is 0.481 e. The molecule has 0 amide bonds. The summed E-state index contributed by atoms with van der Waals surface area (Å²) >= 11 is 0. The Morgan fingerprint density at radius 2 is 0.925 bits per heavy atom. The van der Waals surface area contributed by atoms with Gasteiger partial charge < -0.3 is 9.84 Å². The van der Waals surface area contributed by atoms with Crippen LogP contribution in [0.3, 0.4) is 0 Å². The van der Waals surface area contributed by atoms with Gasteiger partial charge in [0.2, 0.25) is 0 Å². The van der Waals surface area contributed by atoms with Crippen molar-refractivity contribution in [2.45, 2.75) is 206 Å². The van der Waals surface area contributed by atoms with Crippen molar-refractivity contribution in [2.24, 2.45) is 0 Å². The van der Waals surface area contributed by atoms with Gasteiger partial charge >= 0.3 is 11.9 Å². The number of carboxylic acid groups (broad SMARTS) is 1. The Morgan fingerprint density at radius 1 is 0.525 bits per heavy atom. The Hall–Kier alpha value is -1.32. The fourth-order valence-electron chi connectivity index (χ4n) is 5.34. The van der Waals surface area contributed by atoms with Gasteiger partial charge in [0.1, 0.15) is 6.10 Å². The van der Waals surface area contributed by atoms with Gasteiger partial charge in [0.25, 0.3) is 0 Å². The summed E-state index contributed by atoms with van der Waals surface area (Å²) in [5, 5.41) is 8.69. The smallest absolute Gasteiger partial charge is 0.306 e. The summed E-state index contributed by atoms with van der Waals surface area (Å²) in [5.74, 6) is -0.648. The molecule has 4 heteroatoms. The predicted octanol–water partition coefficient (Wildman–Crippen LogP) is 11.9. The number of esters is 1. The second kappa shape index (κ2) is 32.2. The lowest BCUT2D eigenvalue weighted by Gasteiger charge is -2.18. The van der Waals surface area contributed by atoms with E-state index in [4.69, 9.17) is 9.84 Å². The van der Waals surface area contributed by atoms with Crippen molar-refractivity contribution in [3.63, 3.8) is 0 Å². The first kappa shape index (κ1) is 38.7. The SMILES string of the molecule is CCCC/C=C\CCCCCCCC(=O)OC(CCCCCCCC)CCCCCCCCCCCCC(=O)O. The van der Waals surface area contributed by atoms with Crippen molar-refractivity contribution in [3.8, 4) is 0 Å². The molecule has 0 aromatic rings. The van der Waals surface area contributed by atoms with E-state index in [2.05, 4.69) is 26.0 Å². The number of carboxylic acids is 1. The highest BCUT2D eigenvalue weighted by atomic mass is 16.5. The monoisotopic (exact) mass is 565 g/mol. The van der Waals surface area contributed by atoms with E-state index in [9.17, 15) is 9.59 Å². The van der Waals surface area contributed by atoms with E-state index in [0.717, 1.165) is 51.4 Å². The second-order valence-electron chi connectivity index (χ2n) is 12.1. The average Bonchev–Trinajstić information content (AvgIpc) is 2.93. The maximum absolute atomic E-state index is 12.6. The van der Waals surface area contributed by atoms with E-state index >= 15 is 0 Å². The molecule has 0 fully saturated rings. The Bertz CT molecular complexity index is 571. The number of carbonyl (C=O) groups excluding carboxylic acids is 1. The van der Waals surface area contributed by atoms with Gasteiger partial charge in [0.15, 0.2) is 0 Å². The summed E-state index contributed by atoms with van der Waals surface area (Å²) in [4.78, 5) is 23.1. The van der Waals surface area contributed by atoms with Crippen LogP contribution in [0.5, 0.6) is 0 Å². The maximum atomic E-state index is 12.6. The third kappa shape index (κ3) is 31.2. The van der Waals surface area contributed by atoms with Gasteiger partial charge in [-0.05, 0) is 57.8 Å². The molecule has 0 rings (SSSR count). The molecule has 0 bridgehead atoms. The topological polar surface area (TPSA) is 63.6 Å². The fraction of sp³-hybridized carbons (Fsp3) is 0.889. The van der Waals surface area contributed by atoms with E-state index in [-0.39, 0.29) is 12.1 Å². The number of ether oxygens (including phenoxy) is 1. The molecule has 0 aromatic carbocycles. The van der Waals surface area contributed by atoms with Crippen molar-refractivity contribution in [1.82, 2.24) is 0 Å². The summed E-state index contributed by atoms with van der Waals surface area (Å²) in [6.07, 6.45) is 38.0. The molecule has 1 atom stereocenters. The van der Waals surface area contributed by atoms with Crippen LogP contribution >= 0.6 is 0 Å². The Balaban J connectivity index is 3.97. The van der Waals surface area contributed by atoms with Crippen LogP contribution in [0.15, 0.2) is 12.2 Å². The van der Waals surface area contributed by atoms with Gasteiger partial charge in [0.05, 0.1) is 0 Å². The van der Waals surface area contributed by atoms with E-state index in [0.29, 0.717) is 12.8 Å². The summed E-state index contributed by atoms with van der Waals surface area (Å²) < 4.78 is 5.99. The van der Waals surface area contributed by atoms with Gasteiger partial charge in [-0.3, -0.25) is 9.59 Å². The molecule has 0 aliphatic heterocycles. The molecule has 0 aromatic heterocycles. The van der Waals surface area contributed by atoms with Crippen LogP contribution in [0.2, 0.25) is 0 Å². The Labute approximate surface area is 249 Å². The number of carbonyl (C=O) groups is 2. The number of rotatable bonds is 32. The molecular formula is C36H68O4. The third-order valence-corrected chi connectivity index (χ3v) is 7.99. The molecular weight excluding hydrogens is 496 g/mol. The lowest BCUT2D eigenvalue weighted by Crippen LogP contribution is -2.18. The minimum Gasteiger partial charge on any atom is -0.481 e.